The Balaban J connectivity index is 1.74. The Labute approximate surface area is 172 Å². The van der Waals surface area contributed by atoms with Crippen LogP contribution in [-0.4, -0.2) is 21.5 Å². The number of fused-ring (bicyclic) bond motifs is 3. The molecule has 2 nitrogen and oxygen atoms in total. The van der Waals surface area contributed by atoms with Crippen molar-refractivity contribution in [3.05, 3.63) is 65.2 Å². The fraction of sp³-hybridized carbons (Fsp3) is 0.462. The predicted molar refractivity (Wildman–Crippen MR) is 114 cm³/mol. The SMILES string of the molecule is CC(C)(F)C#C[C@@]1(O)CC[C@@]2(Cc3ccccc3)c3ccc(O)cc3CC[C@@H]2C1. The fourth-order valence-electron chi connectivity index (χ4n) is 5.34. The van der Waals surface area contributed by atoms with Crippen LogP contribution in [0.25, 0.3) is 0 Å². The number of aliphatic hydroxyl groups is 1. The maximum Gasteiger partial charge on any atom is 0.165 e. The number of hydrogen-bond acceptors (Lipinski definition) is 2. The van der Waals surface area contributed by atoms with E-state index >= 15 is 0 Å². The predicted octanol–water partition coefficient (Wildman–Crippen LogP) is 5.10. The second-order valence-corrected chi connectivity index (χ2v) is 9.35. The number of phenolic OH excluding ortho intramolecular Hbond substituents is 1. The lowest BCUT2D eigenvalue weighted by Crippen LogP contribution is -2.51. The zero-order chi connectivity index (χ0) is 20.7. The minimum absolute atomic E-state index is 0.0955. The third-order valence-electron chi connectivity index (χ3n) is 6.69. The lowest BCUT2D eigenvalue weighted by molar-refractivity contribution is -0.00832. The van der Waals surface area contributed by atoms with E-state index in [-0.39, 0.29) is 11.3 Å². The number of rotatable bonds is 2. The van der Waals surface area contributed by atoms with Crippen LogP contribution in [0.5, 0.6) is 5.75 Å². The monoisotopic (exact) mass is 392 g/mol. The van der Waals surface area contributed by atoms with Gasteiger partial charge in [0, 0.05) is 5.41 Å². The molecule has 0 aliphatic heterocycles. The van der Waals surface area contributed by atoms with Crippen LogP contribution in [0.2, 0.25) is 0 Å². The summed E-state index contributed by atoms with van der Waals surface area (Å²) < 4.78 is 13.9. The molecule has 2 N–H and O–H groups in total. The standard InChI is InChI=1S/C26H29FO2/c1-24(2,27)12-13-25(29)14-15-26(17-19-6-4-3-5-7-19)21(18-25)9-8-20-16-22(28)10-11-23(20)26/h3-7,10-11,16,21,28-29H,8-9,14-15,17-18H2,1-2H3/t21-,25-,26+/m1/s1. The maximum atomic E-state index is 13.9. The Kier molecular flexibility index (Phi) is 4.95. The molecule has 0 aromatic heterocycles. The van der Waals surface area contributed by atoms with E-state index in [1.165, 1.54) is 30.5 Å². The zero-order valence-electron chi connectivity index (χ0n) is 17.2. The molecule has 2 aliphatic rings. The molecule has 29 heavy (non-hydrogen) atoms. The molecule has 1 saturated carbocycles. The lowest BCUT2D eigenvalue weighted by Gasteiger charge is -2.52. The summed E-state index contributed by atoms with van der Waals surface area (Å²) in [6.07, 6.45) is 4.59. The van der Waals surface area contributed by atoms with Crippen molar-refractivity contribution in [1.29, 1.82) is 0 Å². The minimum atomic E-state index is -1.61. The molecule has 3 heteroatoms. The van der Waals surface area contributed by atoms with Gasteiger partial charge in [0.25, 0.3) is 0 Å². The van der Waals surface area contributed by atoms with Gasteiger partial charge in [0.2, 0.25) is 0 Å². The molecular weight excluding hydrogens is 363 g/mol. The van der Waals surface area contributed by atoms with Crippen molar-refractivity contribution in [1.82, 2.24) is 0 Å². The van der Waals surface area contributed by atoms with Crippen molar-refractivity contribution >= 4 is 0 Å². The molecule has 152 valence electrons. The Hall–Kier alpha value is -2.31. The van der Waals surface area contributed by atoms with Crippen LogP contribution in [-0.2, 0) is 18.3 Å². The highest BCUT2D eigenvalue weighted by Crippen LogP contribution is 2.54. The van der Waals surface area contributed by atoms with Crippen LogP contribution in [0.15, 0.2) is 48.5 Å². The van der Waals surface area contributed by atoms with Crippen molar-refractivity contribution in [3.8, 4) is 17.6 Å². The molecule has 2 aromatic carbocycles. The van der Waals surface area contributed by atoms with Gasteiger partial charge in [-0.25, -0.2) is 4.39 Å². The second-order valence-electron chi connectivity index (χ2n) is 9.35. The van der Waals surface area contributed by atoms with Crippen molar-refractivity contribution in [2.45, 2.75) is 69.1 Å². The highest BCUT2D eigenvalue weighted by atomic mass is 19.1. The van der Waals surface area contributed by atoms with Crippen LogP contribution in [0.4, 0.5) is 4.39 Å². The summed E-state index contributed by atoms with van der Waals surface area (Å²) in [5, 5.41) is 21.2. The summed E-state index contributed by atoms with van der Waals surface area (Å²) in [5.41, 5.74) is 0.935. The number of hydrogen-bond donors (Lipinski definition) is 2. The maximum absolute atomic E-state index is 13.9. The van der Waals surface area contributed by atoms with Gasteiger partial charge in [-0.3, -0.25) is 0 Å². The van der Waals surface area contributed by atoms with E-state index in [2.05, 4.69) is 42.2 Å². The summed E-state index contributed by atoms with van der Waals surface area (Å²) in [4.78, 5) is 0. The van der Waals surface area contributed by atoms with Gasteiger partial charge in [-0.15, -0.1) is 0 Å². The average molecular weight is 393 g/mol. The van der Waals surface area contributed by atoms with Gasteiger partial charge in [-0.2, -0.15) is 0 Å². The van der Waals surface area contributed by atoms with Crippen LogP contribution in [0.3, 0.4) is 0 Å². The number of phenols is 1. The van der Waals surface area contributed by atoms with Crippen molar-refractivity contribution < 1.29 is 14.6 Å². The summed E-state index contributed by atoms with van der Waals surface area (Å²) in [6.45, 7) is 2.85. The number of aryl methyl sites for hydroxylation is 1. The van der Waals surface area contributed by atoms with Gasteiger partial charge in [-0.05, 0) is 87.1 Å². The summed E-state index contributed by atoms with van der Waals surface area (Å²) >= 11 is 0. The smallest absolute Gasteiger partial charge is 0.165 e. The quantitative estimate of drug-likeness (QED) is 0.698. The Morgan fingerprint density at radius 2 is 1.90 bits per heavy atom. The molecule has 3 atom stereocenters. The molecule has 0 bridgehead atoms. The molecule has 1 fully saturated rings. The molecule has 4 rings (SSSR count). The number of benzene rings is 2. The normalized spacial score (nSPS) is 28.6. The highest BCUT2D eigenvalue weighted by molar-refractivity contribution is 5.45. The van der Waals surface area contributed by atoms with Gasteiger partial charge >= 0.3 is 0 Å². The minimum Gasteiger partial charge on any atom is -0.508 e. The van der Waals surface area contributed by atoms with Crippen molar-refractivity contribution in [2.24, 2.45) is 5.92 Å². The number of halogens is 1. The molecule has 0 unspecified atom stereocenters. The van der Waals surface area contributed by atoms with E-state index in [1.807, 2.05) is 12.1 Å². The molecule has 2 aliphatic carbocycles. The Morgan fingerprint density at radius 1 is 1.14 bits per heavy atom. The van der Waals surface area contributed by atoms with E-state index in [9.17, 15) is 14.6 Å². The van der Waals surface area contributed by atoms with Gasteiger partial charge in [0.1, 0.15) is 11.4 Å². The third kappa shape index (κ3) is 4.05. The van der Waals surface area contributed by atoms with E-state index in [0.717, 1.165) is 25.7 Å². The first-order valence-corrected chi connectivity index (χ1v) is 10.5. The fourth-order valence-corrected chi connectivity index (χ4v) is 5.34. The average Bonchev–Trinajstić information content (AvgIpc) is 2.67. The first kappa shape index (κ1) is 20.0. The lowest BCUT2D eigenvalue weighted by atomic mass is 9.52. The van der Waals surface area contributed by atoms with Crippen LogP contribution in [0.1, 0.15) is 56.2 Å². The molecule has 0 amide bonds. The first-order chi connectivity index (χ1) is 13.7. The summed E-state index contributed by atoms with van der Waals surface area (Å²) in [6, 6.07) is 16.2. The largest absolute Gasteiger partial charge is 0.508 e. The summed E-state index contributed by atoms with van der Waals surface area (Å²) in [7, 11) is 0. The van der Waals surface area contributed by atoms with E-state index < -0.39 is 11.3 Å². The molecule has 0 saturated heterocycles. The number of alkyl halides is 1. The zero-order valence-corrected chi connectivity index (χ0v) is 17.2. The Bertz CT molecular complexity index is 950. The summed E-state index contributed by atoms with van der Waals surface area (Å²) in [5.74, 6) is 6.06. The van der Waals surface area contributed by atoms with Gasteiger partial charge in [0.05, 0.1) is 0 Å². The second kappa shape index (κ2) is 7.18. The highest BCUT2D eigenvalue weighted by Gasteiger charge is 2.51. The first-order valence-electron chi connectivity index (χ1n) is 10.5. The number of aromatic hydroxyl groups is 1. The molecule has 0 spiro atoms. The van der Waals surface area contributed by atoms with Gasteiger partial charge < -0.3 is 10.2 Å². The van der Waals surface area contributed by atoms with E-state index in [1.54, 1.807) is 6.07 Å². The van der Waals surface area contributed by atoms with Crippen LogP contribution in [0, 0.1) is 17.8 Å². The topological polar surface area (TPSA) is 40.5 Å². The molecule has 2 aromatic rings. The Morgan fingerprint density at radius 3 is 2.62 bits per heavy atom. The van der Waals surface area contributed by atoms with Crippen LogP contribution < -0.4 is 0 Å². The van der Waals surface area contributed by atoms with E-state index in [0.29, 0.717) is 18.6 Å². The van der Waals surface area contributed by atoms with Crippen molar-refractivity contribution in [3.63, 3.8) is 0 Å². The molecule has 0 heterocycles. The van der Waals surface area contributed by atoms with Crippen molar-refractivity contribution in [2.75, 3.05) is 0 Å². The van der Waals surface area contributed by atoms with E-state index in [4.69, 9.17) is 0 Å². The van der Waals surface area contributed by atoms with Gasteiger partial charge in [0.15, 0.2) is 5.67 Å². The molecule has 0 radical (unpaired) electrons. The molecular formula is C26H29FO2. The van der Waals surface area contributed by atoms with Crippen LogP contribution >= 0.6 is 0 Å². The third-order valence-corrected chi connectivity index (χ3v) is 6.69. The van der Waals surface area contributed by atoms with Gasteiger partial charge in [-0.1, -0.05) is 48.2 Å².